The lowest BCUT2D eigenvalue weighted by Crippen LogP contribution is -2.46. The maximum absolute atomic E-state index is 12.5. The van der Waals surface area contributed by atoms with Crippen molar-refractivity contribution in [3.8, 4) is 0 Å². The molecule has 8 heteroatoms. The van der Waals surface area contributed by atoms with Crippen LogP contribution >= 0.6 is 0 Å². The van der Waals surface area contributed by atoms with E-state index in [9.17, 15) is 22.8 Å². The standard InChI is InChI=1S/C12H19F3N2O3/c1-20-10(18)5-6-17(7-12(13,14)15)11(19)8-3-2-4-9(8)16/h8-9H,2-7,16H2,1H3. The third kappa shape index (κ3) is 4.99. The smallest absolute Gasteiger partial charge is 0.406 e. The minimum absolute atomic E-state index is 0.264. The molecule has 0 aliphatic heterocycles. The number of hydrogen-bond acceptors (Lipinski definition) is 4. The van der Waals surface area contributed by atoms with Crippen LogP contribution in [-0.4, -0.2) is 49.2 Å². The van der Waals surface area contributed by atoms with Gasteiger partial charge in [-0.3, -0.25) is 9.59 Å². The lowest BCUT2D eigenvalue weighted by Gasteiger charge is -2.27. The number of carbonyl (C=O) groups excluding carboxylic acids is 2. The molecule has 0 aromatic rings. The van der Waals surface area contributed by atoms with Crippen LogP contribution in [0.25, 0.3) is 0 Å². The SMILES string of the molecule is COC(=O)CCN(CC(F)(F)F)C(=O)C1CCCC1N. The molecule has 1 fully saturated rings. The summed E-state index contributed by atoms with van der Waals surface area (Å²) in [5.41, 5.74) is 5.74. The minimum Gasteiger partial charge on any atom is -0.469 e. The van der Waals surface area contributed by atoms with Gasteiger partial charge in [0.1, 0.15) is 6.54 Å². The monoisotopic (exact) mass is 296 g/mol. The molecular formula is C12H19F3N2O3. The number of carbonyl (C=O) groups is 2. The van der Waals surface area contributed by atoms with Gasteiger partial charge in [-0.05, 0) is 12.8 Å². The van der Waals surface area contributed by atoms with Gasteiger partial charge in [-0.25, -0.2) is 0 Å². The van der Waals surface area contributed by atoms with E-state index in [2.05, 4.69) is 4.74 Å². The summed E-state index contributed by atoms with van der Waals surface area (Å²) in [6, 6.07) is -0.406. The van der Waals surface area contributed by atoms with Crippen LogP contribution in [0.2, 0.25) is 0 Å². The van der Waals surface area contributed by atoms with Crippen molar-refractivity contribution in [1.82, 2.24) is 4.90 Å². The van der Waals surface area contributed by atoms with Gasteiger partial charge in [0, 0.05) is 12.6 Å². The first-order chi connectivity index (χ1) is 9.24. The van der Waals surface area contributed by atoms with Crippen molar-refractivity contribution >= 4 is 11.9 Å². The normalized spacial score (nSPS) is 22.6. The molecule has 1 amide bonds. The van der Waals surface area contributed by atoms with Crippen molar-refractivity contribution in [3.05, 3.63) is 0 Å². The van der Waals surface area contributed by atoms with Crippen LogP contribution in [0.5, 0.6) is 0 Å². The number of halogens is 3. The van der Waals surface area contributed by atoms with E-state index in [1.165, 1.54) is 0 Å². The number of hydrogen-bond donors (Lipinski definition) is 1. The Kier molecular flexibility index (Phi) is 5.79. The Labute approximate surface area is 115 Å². The molecule has 1 saturated carbocycles. The number of nitrogens with two attached hydrogens (primary N) is 1. The Morgan fingerprint density at radius 1 is 1.35 bits per heavy atom. The maximum atomic E-state index is 12.5. The number of nitrogens with zero attached hydrogens (tertiary/aromatic N) is 1. The molecule has 0 saturated heterocycles. The van der Waals surface area contributed by atoms with Crippen molar-refractivity contribution in [3.63, 3.8) is 0 Å². The molecule has 116 valence electrons. The summed E-state index contributed by atoms with van der Waals surface area (Å²) in [6.45, 7) is -1.68. The van der Waals surface area contributed by atoms with E-state index in [4.69, 9.17) is 5.73 Å². The van der Waals surface area contributed by atoms with Crippen molar-refractivity contribution in [1.29, 1.82) is 0 Å². The van der Waals surface area contributed by atoms with Gasteiger partial charge in [0.05, 0.1) is 19.4 Å². The first-order valence-electron chi connectivity index (χ1n) is 6.42. The van der Waals surface area contributed by atoms with E-state index in [1.807, 2.05) is 0 Å². The van der Waals surface area contributed by atoms with Crippen molar-refractivity contribution < 1.29 is 27.5 Å². The predicted octanol–water partition coefficient (Wildman–Crippen LogP) is 1.07. The van der Waals surface area contributed by atoms with Crippen LogP contribution in [-0.2, 0) is 14.3 Å². The molecular weight excluding hydrogens is 277 g/mol. The molecule has 2 N–H and O–H groups in total. The summed E-state index contributed by atoms with van der Waals surface area (Å²) in [5.74, 6) is -1.87. The van der Waals surface area contributed by atoms with Gasteiger partial charge in [-0.1, -0.05) is 6.42 Å². The molecule has 0 spiro atoms. The molecule has 2 atom stereocenters. The van der Waals surface area contributed by atoms with Crippen molar-refractivity contribution in [2.75, 3.05) is 20.2 Å². The van der Waals surface area contributed by atoms with E-state index >= 15 is 0 Å². The van der Waals surface area contributed by atoms with Crippen molar-refractivity contribution in [2.45, 2.75) is 37.9 Å². The van der Waals surface area contributed by atoms with E-state index in [0.717, 1.165) is 13.5 Å². The van der Waals surface area contributed by atoms with Crippen LogP contribution in [0.15, 0.2) is 0 Å². The van der Waals surface area contributed by atoms with E-state index in [1.54, 1.807) is 0 Å². The fourth-order valence-corrected chi connectivity index (χ4v) is 2.34. The van der Waals surface area contributed by atoms with Gasteiger partial charge in [-0.2, -0.15) is 13.2 Å². The molecule has 0 bridgehead atoms. The molecule has 2 unspecified atom stereocenters. The Balaban J connectivity index is 2.70. The first-order valence-corrected chi connectivity index (χ1v) is 6.42. The molecule has 1 rings (SSSR count). The summed E-state index contributed by atoms with van der Waals surface area (Å²) in [6.07, 6.45) is -2.91. The molecule has 0 radical (unpaired) electrons. The highest BCUT2D eigenvalue weighted by Crippen LogP contribution is 2.27. The first kappa shape index (κ1) is 16.7. The van der Waals surface area contributed by atoms with Crippen LogP contribution in [0.4, 0.5) is 13.2 Å². The predicted molar refractivity (Wildman–Crippen MR) is 64.6 cm³/mol. The number of esters is 1. The van der Waals surface area contributed by atoms with Crippen LogP contribution in [0.1, 0.15) is 25.7 Å². The maximum Gasteiger partial charge on any atom is 0.406 e. The van der Waals surface area contributed by atoms with Gasteiger partial charge in [0.15, 0.2) is 0 Å². The summed E-state index contributed by atoms with van der Waals surface area (Å²) in [4.78, 5) is 23.8. The molecule has 0 aromatic carbocycles. The summed E-state index contributed by atoms with van der Waals surface area (Å²) in [5, 5.41) is 0. The third-order valence-corrected chi connectivity index (χ3v) is 3.38. The highest BCUT2D eigenvalue weighted by atomic mass is 19.4. The minimum atomic E-state index is -4.51. The van der Waals surface area contributed by atoms with Gasteiger partial charge < -0.3 is 15.4 Å². The quantitative estimate of drug-likeness (QED) is 0.770. The zero-order valence-electron chi connectivity index (χ0n) is 11.3. The second kappa shape index (κ2) is 6.92. The highest BCUT2D eigenvalue weighted by molar-refractivity contribution is 5.80. The van der Waals surface area contributed by atoms with Gasteiger partial charge in [0.25, 0.3) is 0 Å². The number of rotatable bonds is 5. The van der Waals surface area contributed by atoms with Crippen LogP contribution < -0.4 is 5.73 Å². The third-order valence-electron chi connectivity index (χ3n) is 3.38. The fourth-order valence-electron chi connectivity index (χ4n) is 2.34. The number of methoxy groups -OCH3 is 1. The molecule has 1 aliphatic carbocycles. The van der Waals surface area contributed by atoms with Gasteiger partial charge in [-0.15, -0.1) is 0 Å². The lowest BCUT2D eigenvalue weighted by molar-refractivity contribution is -0.165. The average molecular weight is 296 g/mol. The van der Waals surface area contributed by atoms with E-state index < -0.39 is 36.6 Å². The van der Waals surface area contributed by atoms with E-state index in [0.29, 0.717) is 17.7 Å². The Bertz CT molecular complexity index is 360. The zero-order valence-corrected chi connectivity index (χ0v) is 11.3. The van der Waals surface area contributed by atoms with Crippen molar-refractivity contribution in [2.24, 2.45) is 11.7 Å². The fraction of sp³-hybridized carbons (Fsp3) is 0.833. The number of alkyl halides is 3. The largest absolute Gasteiger partial charge is 0.469 e. The van der Waals surface area contributed by atoms with Crippen LogP contribution in [0.3, 0.4) is 0 Å². The Morgan fingerprint density at radius 3 is 2.45 bits per heavy atom. The Hall–Kier alpha value is -1.31. The van der Waals surface area contributed by atoms with E-state index in [-0.39, 0.29) is 13.0 Å². The second-order valence-electron chi connectivity index (χ2n) is 4.90. The average Bonchev–Trinajstić information content (AvgIpc) is 2.78. The second-order valence-corrected chi connectivity index (χ2v) is 4.90. The summed E-state index contributed by atoms with van der Waals surface area (Å²) < 4.78 is 41.9. The molecule has 5 nitrogen and oxygen atoms in total. The summed E-state index contributed by atoms with van der Waals surface area (Å²) >= 11 is 0. The van der Waals surface area contributed by atoms with Gasteiger partial charge in [0.2, 0.25) is 5.91 Å². The van der Waals surface area contributed by atoms with Gasteiger partial charge >= 0.3 is 12.1 Å². The molecule has 20 heavy (non-hydrogen) atoms. The number of amides is 1. The lowest BCUT2D eigenvalue weighted by atomic mass is 10.0. The number of ether oxygens (including phenoxy) is 1. The van der Waals surface area contributed by atoms with Crippen LogP contribution in [0, 0.1) is 5.92 Å². The molecule has 0 aromatic heterocycles. The highest BCUT2D eigenvalue weighted by Gasteiger charge is 2.38. The molecule has 0 heterocycles. The topological polar surface area (TPSA) is 72.6 Å². The summed E-state index contributed by atoms with van der Waals surface area (Å²) in [7, 11) is 1.14. The Morgan fingerprint density at radius 2 is 2.00 bits per heavy atom. The molecule has 1 aliphatic rings. The zero-order chi connectivity index (χ0) is 15.3.